The van der Waals surface area contributed by atoms with E-state index >= 15 is 0 Å². The summed E-state index contributed by atoms with van der Waals surface area (Å²) in [5.74, 6) is 0.0207. The summed E-state index contributed by atoms with van der Waals surface area (Å²) in [6, 6.07) is 8.12. The first kappa shape index (κ1) is 19.3. The van der Waals surface area contributed by atoms with Crippen molar-refractivity contribution in [2.45, 2.75) is 18.8 Å². The highest BCUT2D eigenvalue weighted by Crippen LogP contribution is 2.26. The van der Waals surface area contributed by atoms with Crippen LogP contribution in [0.4, 0.5) is 0 Å². The summed E-state index contributed by atoms with van der Waals surface area (Å²) < 4.78 is 17.5. The molecule has 4 rings (SSSR count). The summed E-state index contributed by atoms with van der Waals surface area (Å²) in [6.45, 7) is 4.43. The van der Waals surface area contributed by atoms with Gasteiger partial charge in [-0.15, -0.1) is 11.3 Å². The van der Waals surface area contributed by atoms with Crippen molar-refractivity contribution in [3.63, 3.8) is 0 Å². The van der Waals surface area contributed by atoms with Gasteiger partial charge in [0.2, 0.25) is 0 Å². The van der Waals surface area contributed by atoms with Crippen LogP contribution in [-0.2, 0) is 16.0 Å². The smallest absolute Gasteiger partial charge is 0.283 e. The van der Waals surface area contributed by atoms with E-state index in [9.17, 15) is 4.79 Å². The Labute approximate surface area is 168 Å². The Morgan fingerprint density at radius 1 is 1.21 bits per heavy atom. The Morgan fingerprint density at radius 3 is 2.79 bits per heavy atom. The van der Waals surface area contributed by atoms with Crippen molar-refractivity contribution in [3.05, 3.63) is 46.4 Å². The largest absolute Gasteiger partial charge is 0.497 e. The van der Waals surface area contributed by atoms with Crippen LogP contribution in [0.2, 0.25) is 0 Å². The van der Waals surface area contributed by atoms with Gasteiger partial charge in [0.05, 0.1) is 33.4 Å². The van der Waals surface area contributed by atoms with Crippen LogP contribution in [0.25, 0.3) is 0 Å². The number of amides is 1. The molecule has 0 aliphatic carbocycles. The maximum Gasteiger partial charge on any atom is 0.283 e. The van der Waals surface area contributed by atoms with Gasteiger partial charge in [-0.25, -0.2) is 4.98 Å². The van der Waals surface area contributed by atoms with Crippen molar-refractivity contribution in [1.29, 1.82) is 0 Å². The quantitative estimate of drug-likeness (QED) is 0.780. The van der Waals surface area contributed by atoms with Gasteiger partial charge in [0.15, 0.2) is 10.8 Å². The molecular weight excluding hydrogens is 378 g/mol. The number of carbonyl (C=O) groups is 1. The standard InChI is InChI=1S/C20H25N3O4S/c1-25-17-5-3-16(4-6-17)13-22-8-2-10-26-20(14-22)15-23(9-11-27-20)19(24)18-21-7-12-28-18/h3-7,12H,2,8-11,13-15H2,1H3. The molecule has 3 heterocycles. The highest BCUT2D eigenvalue weighted by Gasteiger charge is 2.42. The first-order valence-electron chi connectivity index (χ1n) is 9.49. The molecule has 1 spiro atoms. The van der Waals surface area contributed by atoms with Crippen molar-refractivity contribution >= 4 is 17.2 Å². The molecule has 2 saturated heterocycles. The number of thiazole rings is 1. The molecule has 1 amide bonds. The topological polar surface area (TPSA) is 64.1 Å². The zero-order valence-electron chi connectivity index (χ0n) is 16.0. The minimum Gasteiger partial charge on any atom is -0.497 e. The molecule has 28 heavy (non-hydrogen) atoms. The third-order valence-electron chi connectivity index (χ3n) is 5.07. The van der Waals surface area contributed by atoms with Crippen LogP contribution >= 0.6 is 11.3 Å². The first-order valence-corrected chi connectivity index (χ1v) is 10.4. The Kier molecular flexibility index (Phi) is 5.91. The summed E-state index contributed by atoms with van der Waals surface area (Å²) in [6.07, 6.45) is 2.59. The van der Waals surface area contributed by atoms with Crippen molar-refractivity contribution in [2.75, 3.05) is 46.5 Å². The van der Waals surface area contributed by atoms with Crippen LogP contribution in [-0.4, -0.2) is 73.0 Å². The number of aromatic nitrogens is 1. The third kappa shape index (κ3) is 4.35. The lowest BCUT2D eigenvalue weighted by molar-refractivity contribution is -0.261. The first-order chi connectivity index (χ1) is 13.7. The summed E-state index contributed by atoms with van der Waals surface area (Å²) >= 11 is 1.36. The second-order valence-electron chi connectivity index (χ2n) is 7.08. The molecule has 1 aromatic heterocycles. The van der Waals surface area contributed by atoms with E-state index < -0.39 is 5.79 Å². The number of benzene rings is 1. The van der Waals surface area contributed by atoms with Crippen LogP contribution in [0, 0.1) is 0 Å². The van der Waals surface area contributed by atoms with Crippen LogP contribution < -0.4 is 4.74 Å². The van der Waals surface area contributed by atoms with Gasteiger partial charge in [0.25, 0.3) is 5.91 Å². The lowest BCUT2D eigenvalue weighted by Gasteiger charge is -2.43. The predicted octanol–water partition coefficient (Wildman–Crippen LogP) is 2.24. The van der Waals surface area contributed by atoms with Crippen LogP contribution in [0.3, 0.4) is 0 Å². The van der Waals surface area contributed by atoms with Gasteiger partial charge in [-0.3, -0.25) is 9.69 Å². The third-order valence-corrected chi connectivity index (χ3v) is 5.84. The van der Waals surface area contributed by atoms with Crippen LogP contribution in [0.15, 0.2) is 35.8 Å². The van der Waals surface area contributed by atoms with E-state index in [-0.39, 0.29) is 5.91 Å². The summed E-state index contributed by atoms with van der Waals surface area (Å²) in [7, 11) is 1.67. The molecule has 0 radical (unpaired) electrons. The number of nitrogens with zero attached hydrogens (tertiary/aromatic N) is 3. The van der Waals surface area contributed by atoms with Gasteiger partial charge >= 0.3 is 0 Å². The fourth-order valence-corrected chi connectivity index (χ4v) is 4.32. The van der Waals surface area contributed by atoms with Gasteiger partial charge in [0, 0.05) is 31.2 Å². The molecule has 1 atom stereocenters. The lowest BCUT2D eigenvalue weighted by Crippen LogP contribution is -2.59. The zero-order valence-corrected chi connectivity index (χ0v) is 16.8. The zero-order chi connectivity index (χ0) is 19.4. The highest BCUT2D eigenvalue weighted by atomic mass is 32.1. The average molecular weight is 404 g/mol. The molecule has 150 valence electrons. The summed E-state index contributed by atoms with van der Waals surface area (Å²) in [4.78, 5) is 21.0. The van der Waals surface area contributed by atoms with Crippen molar-refractivity contribution in [1.82, 2.24) is 14.8 Å². The molecule has 2 aliphatic rings. The van der Waals surface area contributed by atoms with E-state index in [4.69, 9.17) is 14.2 Å². The number of hydrogen-bond acceptors (Lipinski definition) is 7. The number of methoxy groups -OCH3 is 1. The number of ether oxygens (including phenoxy) is 3. The number of rotatable bonds is 4. The molecule has 0 bridgehead atoms. The lowest BCUT2D eigenvalue weighted by atomic mass is 10.1. The molecule has 0 N–H and O–H groups in total. The maximum absolute atomic E-state index is 12.7. The van der Waals surface area contributed by atoms with E-state index in [0.29, 0.717) is 37.9 Å². The molecule has 1 unspecified atom stereocenters. The van der Waals surface area contributed by atoms with Crippen LogP contribution in [0.1, 0.15) is 21.8 Å². The molecule has 0 saturated carbocycles. The second-order valence-corrected chi connectivity index (χ2v) is 7.98. The molecule has 8 heteroatoms. The second kappa shape index (κ2) is 8.57. The molecule has 1 aromatic carbocycles. The van der Waals surface area contributed by atoms with E-state index in [1.54, 1.807) is 18.2 Å². The fourth-order valence-electron chi connectivity index (χ4n) is 3.71. The minimum atomic E-state index is -0.784. The van der Waals surface area contributed by atoms with E-state index in [0.717, 1.165) is 25.3 Å². The molecule has 7 nitrogen and oxygen atoms in total. The fraction of sp³-hybridized carbons (Fsp3) is 0.500. The van der Waals surface area contributed by atoms with Crippen molar-refractivity contribution in [2.24, 2.45) is 0 Å². The summed E-state index contributed by atoms with van der Waals surface area (Å²) in [5, 5.41) is 2.34. The molecule has 2 aliphatic heterocycles. The highest BCUT2D eigenvalue weighted by molar-refractivity contribution is 7.11. The Morgan fingerprint density at radius 2 is 2.04 bits per heavy atom. The Hall–Kier alpha value is -2.00. The molecule has 2 aromatic rings. The van der Waals surface area contributed by atoms with E-state index in [1.165, 1.54) is 16.9 Å². The van der Waals surface area contributed by atoms with Crippen molar-refractivity contribution in [3.8, 4) is 5.75 Å². The molecular formula is C20H25N3O4S. The Bertz CT molecular complexity index is 783. The van der Waals surface area contributed by atoms with E-state index in [1.807, 2.05) is 17.5 Å². The SMILES string of the molecule is COc1ccc(CN2CCCOC3(C2)CN(C(=O)c2nccs2)CCO3)cc1. The Balaban J connectivity index is 1.45. The normalized spacial score (nSPS) is 23.5. The van der Waals surface area contributed by atoms with Gasteiger partial charge in [-0.05, 0) is 24.1 Å². The van der Waals surface area contributed by atoms with E-state index in [2.05, 4.69) is 22.0 Å². The molecule has 2 fully saturated rings. The average Bonchev–Trinajstić information content (AvgIpc) is 3.19. The predicted molar refractivity (Wildman–Crippen MR) is 106 cm³/mol. The van der Waals surface area contributed by atoms with Gasteiger partial charge < -0.3 is 19.1 Å². The van der Waals surface area contributed by atoms with Gasteiger partial charge in [0.1, 0.15) is 5.75 Å². The maximum atomic E-state index is 12.7. The van der Waals surface area contributed by atoms with Gasteiger partial charge in [-0.2, -0.15) is 0 Å². The van der Waals surface area contributed by atoms with Crippen molar-refractivity contribution < 1.29 is 19.0 Å². The number of carbonyl (C=O) groups excluding carboxylic acids is 1. The minimum absolute atomic E-state index is 0.0489. The number of hydrogen-bond donors (Lipinski definition) is 0. The monoisotopic (exact) mass is 403 g/mol. The van der Waals surface area contributed by atoms with Crippen LogP contribution in [0.5, 0.6) is 5.75 Å². The van der Waals surface area contributed by atoms with Gasteiger partial charge in [-0.1, -0.05) is 12.1 Å². The summed E-state index contributed by atoms with van der Waals surface area (Å²) in [5.41, 5.74) is 1.21. The number of morpholine rings is 1.